The maximum atomic E-state index is 13.8. The molecule has 1 aromatic heterocycles. The number of piperidine rings is 4. The lowest BCUT2D eigenvalue weighted by molar-refractivity contribution is -0.146. The topological polar surface area (TPSA) is 183 Å². The molecule has 8 aliphatic heterocycles. The van der Waals surface area contributed by atoms with Crippen LogP contribution in [0, 0.1) is 11.3 Å². The molecule has 6 N–H and O–H groups in total. The Balaban J connectivity index is 0.659. The largest absolute Gasteiger partial charge is 0.389 e. The summed E-state index contributed by atoms with van der Waals surface area (Å²) in [6.45, 7) is 9.44. The van der Waals surface area contributed by atoms with Gasteiger partial charge in [0.1, 0.15) is 12.3 Å². The van der Waals surface area contributed by atoms with E-state index in [1.807, 2.05) is 24.1 Å². The minimum Gasteiger partial charge on any atom is -0.389 e. The molecule has 17 nitrogen and oxygen atoms in total. The lowest BCUT2D eigenvalue weighted by Gasteiger charge is -2.47. The number of benzene rings is 2. The minimum atomic E-state index is -0.808. The summed E-state index contributed by atoms with van der Waals surface area (Å²) in [4.78, 5) is 59.0. The Labute approximate surface area is 386 Å². The number of nitrogens with one attached hydrogen (secondary N) is 5. The molecule has 3 aromatic rings. The Morgan fingerprint density at radius 2 is 1.61 bits per heavy atom. The number of imide groups is 1. The molecule has 9 heterocycles. The maximum Gasteiger partial charge on any atom is 0.275 e. The van der Waals surface area contributed by atoms with Crippen LogP contribution in [0.4, 0.5) is 17.1 Å². The summed E-state index contributed by atoms with van der Waals surface area (Å²) < 4.78 is 1.23. The van der Waals surface area contributed by atoms with Crippen LogP contribution in [-0.2, 0) is 14.4 Å². The lowest BCUT2D eigenvalue weighted by Crippen LogP contribution is -2.69. The Morgan fingerprint density at radius 1 is 0.833 bits per heavy atom. The number of nitrogens with zero attached hydrogens (tertiary/aromatic N) is 7. The molecular formula is C49H66N12O5. The van der Waals surface area contributed by atoms with Gasteiger partial charge < -0.3 is 20.2 Å². The van der Waals surface area contributed by atoms with E-state index >= 15 is 0 Å². The highest BCUT2D eigenvalue weighted by Gasteiger charge is 2.53. The number of aromatic nitrogens is 2. The van der Waals surface area contributed by atoms with E-state index in [9.17, 15) is 24.3 Å². The minimum absolute atomic E-state index is 0.0196. The van der Waals surface area contributed by atoms with Gasteiger partial charge in [0, 0.05) is 80.2 Å². The summed E-state index contributed by atoms with van der Waals surface area (Å²) in [7, 11) is 0. The predicted molar refractivity (Wildman–Crippen MR) is 252 cm³/mol. The molecule has 2 bridgehead atoms. The number of hydrogen-bond acceptors (Lipinski definition) is 14. The van der Waals surface area contributed by atoms with Crippen LogP contribution in [-0.4, -0.2) is 136 Å². The van der Waals surface area contributed by atoms with E-state index in [0.717, 1.165) is 101 Å². The number of amides is 3. The standard InChI is InChI=1S/C49H66N12O5/c1-48(66)18-3-2-4-22-59-45(64)38-30-50-47(55-43(38)61(59)41-7-5-6-40(48)53-41)52-33-8-10-34(11-9-33)56-23-16-35(17-24-56)58-27-21-49(31-58)19-25-57(26-20-49)36-12-13-37-32(28-36)29-51-60(46(37)65)39-14-15-42(62)54-44(39)63/h2,4,8-13,28-29,35,38-41,43,47,50,52-53,55,66H,3,5-7,14-27,30-31H2,1H3,(H,54,62,63)/b4-2-/t38?,39?,40?,41?,43?,47?,48-/m1/s1. The number of aliphatic hydroxyl groups is 1. The molecule has 66 heavy (non-hydrogen) atoms. The second kappa shape index (κ2) is 17.6. The number of hydrazine groups is 1. The fourth-order valence-corrected chi connectivity index (χ4v) is 12.6. The van der Waals surface area contributed by atoms with Gasteiger partial charge in [-0.25, -0.2) is 4.68 Å². The third-order valence-electron chi connectivity index (χ3n) is 16.6. The first kappa shape index (κ1) is 43.6. The van der Waals surface area contributed by atoms with Gasteiger partial charge in [-0.1, -0.05) is 12.2 Å². The zero-order valence-corrected chi connectivity index (χ0v) is 38.2. The molecule has 352 valence electrons. The van der Waals surface area contributed by atoms with Crippen LogP contribution in [0.2, 0.25) is 0 Å². The second-order valence-electron chi connectivity index (χ2n) is 20.6. The third-order valence-corrected chi connectivity index (χ3v) is 16.6. The number of carbonyl (C=O) groups excluding carboxylic acids is 3. The fourth-order valence-electron chi connectivity index (χ4n) is 12.6. The predicted octanol–water partition coefficient (Wildman–Crippen LogP) is 2.79. The molecule has 1 spiro atoms. The van der Waals surface area contributed by atoms with E-state index in [1.165, 1.54) is 23.3 Å². The summed E-state index contributed by atoms with van der Waals surface area (Å²) in [5.74, 6) is -0.849. The molecule has 7 atom stereocenters. The van der Waals surface area contributed by atoms with E-state index in [0.29, 0.717) is 36.4 Å². The zero-order chi connectivity index (χ0) is 45.2. The average Bonchev–Trinajstić information content (AvgIpc) is 3.86. The summed E-state index contributed by atoms with van der Waals surface area (Å²) in [5, 5.41) is 38.2. The molecule has 7 fully saturated rings. The molecule has 0 aliphatic carbocycles. The first-order valence-corrected chi connectivity index (χ1v) is 24.7. The van der Waals surface area contributed by atoms with Crippen molar-refractivity contribution in [2.45, 2.75) is 126 Å². The molecule has 17 heteroatoms. The van der Waals surface area contributed by atoms with Crippen molar-refractivity contribution < 1.29 is 19.5 Å². The van der Waals surface area contributed by atoms with Crippen LogP contribution in [0.25, 0.3) is 10.8 Å². The summed E-state index contributed by atoms with van der Waals surface area (Å²) in [6, 6.07) is 14.5. The van der Waals surface area contributed by atoms with Crippen molar-refractivity contribution in [3.05, 3.63) is 71.2 Å². The normalized spacial score (nSPS) is 32.8. The van der Waals surface area contributed by atoms with Crippen LogP contribution >= 0.6 is 0 Å². The number of anilines is 3. The highest BCUT2D eigenvalue weighted by Crippen LogP contribution is 2.43. The van der Waals surface area contributed by atoms with Crippen LogP contribution in [0.15, 0.2) is 65.6 Å². The molecule has 3 amide bonds. The van der Waals surface area contributed by atoms with Gasteiger partial charge in [-0.3, -0.25) is 50.4 Å². The molecule has 6 unspecified atom stereocenters. The van der Waals surface area contributed by atoms with Crippen molar-refractivity contribution in [2.75, 3.05) is 67.5 Å². The van der Waals surface area contributed by atoms with Gasteiger partial charge in [-0.15, -0.1) is 0 Å². The zero-order valence-electron chi connectivity index (χ0n) is 38.2. The highest BCUT2D eigenvalue weighted by molar-refractivity contribution is 5.99. The van der Waals surface area contributed by atoms with Gasteiger partial charge in [-0.05, 0) is 132 Å². The van der Waals surface area contributed by atoms with Crippen LogP contribution in [0.5, 0.6) is 0 Å². The molecule has 0 radical (unpaired) electrons. The van der Waals surface area contributed by atoms with E-state index in [4.69, 9.17) is 0 Å². The lowest BCUT2D eigenvalue weighted by atomic mass is 9.77. The van der Waals surface area contributed by atoms with Gasteiger partial charge in [-0.2, -0.15) is 10.1 Å². The number of carbonyl (C=O) groups is 3. The SMILES string of the molecule is C[C@@]1(O)CC/C=C\CN2C(=O)C3CNC(Nc4ccc(N5CCC(N6CCC7(CCN(c8ccc9c(=O)n(C%10CCC(=O)NC%10=O)ncc9c8)CC7)C6)CC5)cc4)NC3N2C2CCCC1N2. The summed E-state index contributed by atoms with van der Waals surface area (Å²) in [5.41, 5.74) is 2.60. The number of allylic oxidation sites excluding steroid dienone is 1. The van der Waals surface area contributed by atoms with Crippen molar-refractivity contribution in [1.29, 1.82) is 0 Å². The Bertz CT molecular complexity index is 2410. The Morgan fingerprint density at radius 3 is 2.41 bits per heavy atom. The molecule has 8 aliphatic rings. The number of rotatable bonds is 6. The quantitative estimate of drug-likeness (QED) is 0.157. The van der Waals surface area contributed by atoms with Crippen molar-refractivity contribution in [2.24, 2.45) is 11.3 Å². The molecule has 7 saturated heterocycles. The van der Waals surface area contributed by atoms with Gasteiger partial charge in [0.05, 0.1) is 42.0 Å². The molecule has 0 saturated carbocycles. The molecular weight excluding hydrogens is 837 g/mol. The first-order valence-electron chi connectivity index (χ1n) is 24.7. The van der Waals surface area contributed by atoms with E-state index in [1.54, 1.807) is 6.20 Å². The smallest absolute Gasteiger partial charge is 0.275 e. The van der Waals surface area contributed by atoms with Gasteiger partial charge in [0.25, 0.3) is 11.5 Å². The van der Waals surface area contributed by atoms with Crippen molar-refractivity contribution in [3.8, 4) is 0 Å². The van der Waals surface area contributed by atoms with Gasteiger partial charge in [0.15, 0.2) is 0 Å². The van der Waals surface area contributed by atoms with Crippen LogP contribution in [0.3, 0.4) is 0 Å². The van der Waals surface area contributed by atoms with Crippen molar-refractivity contribution >= 4 is 45.6 Å². The van der Waals surface area contributed by atoms with Crippen LogP contribution in [0.1, 0.15) is 90.0 Å². The van der Waals surface area contributed by atoms with E-state index in [-0.39, 0.29) is 60.8 Å². The second-order valence-corrected chi connectivity index (χ2v) is 20.6. The van der Waals surface area contributed by atoms with E-state index < -0.39 is 17.6 Å². The Hall–Kier alpha value is -4.91. The van der Waals surface area contributed by atoms with Crippen molar-refractivity contribution in [3.63, 3.8) is 0 Å². The van der Waals surface area contributed by atoms with E-state index in [2.05, 4.69) is 93.9 Å². The summed E-state index contributed by atoms with van der Waals surface area (Å²) >= 11 is 0. The van der Waals surface area contributed by atoms with Gasteiger partial charge in [0.2, 0.25) is 11.8 Å². The highest BCUT2D eigenvalue weighted by atomic mass is 16.3. The van der Waals surface area contributed by atoms with Gasteiger partial charge >= 0.3 is 0 Å². The maximum absolute atomic E-state index is 13.8. The summed E-state index contributed by atoms with van der Waals surface area (Å²) in [6.07, 6.45) is 16.1. The fraction of sp³-hybridized carbons (Fsp3) is 0.612. The monoisotopic (exact) mass is 903 g/mol. The van der Waals surface area contributed by atoms with Crippen molar-refractivity contribution in [1.82, 2.24) is 46.0 Å². The Kier molecular flexibility index (Phi) is 11.7. The first-order chi connectivity index (χ1) is 32.0. The number of fused-ring (bicyclic) bond motifs is 7. The van der Waals surface area contributed by atoms with Crippen LogP contribution < -0.4 is 41.9 Å². The average molecular weight is 903 g/mol. The molecule has 2 aromatic carbocycles. The number of hydrogen-bond donors (Lipinski definition) is 6. The number of likely N-dealkylation sites (tertiary alicyclic amines) is 1. The molecule has 11 rings (SSSR count). The third kappa shape index (κ3) is 8.29.